The van der Waals surface area contributed by atoms with Gasteiger partial charge >= 0.3 is 0 Å². The number of rotatable bonds is 6. The van der Waals surface area contributed by atoms with Crippen LogP contribution in [-0.4, -0.2) is 23.9 Å². The molecule has 6 heteroatoms. The van der Waals surface area contributed by atoms with Crippen molar-refractivity contribution in [3.63, 3.8) is 0 Å². The molecule has 6 nitrogen and oxygen atoms in total. The number of aromatic nitrogens is 1. The van der Waals surface area contributed by atoms with E-state index >= 15 is 0 Å². The van der Waals surface area contributed by atoms with E-state index in [2.05, 4.69) is 15.6 Å². The Kier molecular flexibility index (Phi) is 4.97. The molecule has 0 bridgehead atoms. The molecule has 1 aliphatic rings. The number of methoxy groups -OCH3 is 1. The van der Waals surface area contributed by atoms with E-state index in [1.165, 1.54) is 7.11 Å². The van der Waals surface area contributed by atoms with Crippen LogP contribution in [0.4, 0.5) is 5.69 Å². The third-order valence-corrected chi connectivity index (χ3v) is 4.18. The first-order chi connectivity index (χ1) is 12.1. The Morgan fingerprint density at radius 2 is 1.92 bits per heavy atom. The Hall–Kier alpha value is -2.89. The van der Waals surface area contributed by atoms with Gasteiger partial charge in [-0.2, -0.15) is 0 Å². The molecular formula is C19H21N3O3. The number of pyridine rings is 1. The fourth-order valence-corrected chi connectivity index (χ4v) is 2.53. The normalized spacial score (nSPS) is 14.5. The average molecular weight is 339 g/mol. The average Bonchev–Trinajstić information content (AvgIpc) is 3.47. The van der Waals surface area contributed by atoms with Crippen molar-refractivity contribution in [2.24, 2.45) is 5.92 Å². The summed E-state index contributed by atoms with van der Waals surface area (Å²) in [6.45, 7) is 1.90. The molecule has 0 saturated heterocycles. The summed E-state index contributed by atoms with van der Waals surface area (Å²) in [5.41, 5.74) is 2.11. The highest BCUT2D eigenvalue weighted by Gasteiger charge is 2.29. The van der Waals surface area contributed by atoms with Crippen molar-refractivity contribution in [2.45, 2.75) is 25.8 Å². The molecule has 1 saturated carbocycles. The number of hydrogen-bond acceptors (Lipinski definition) is 4. The van der Waals surface area contributed by atoms with E-state index in [1.54, 1.807) is 18.3 Å². The lowest BCUT2D eigenvalue weighted by atomic mass is 10.1. The van der Waals surface area contributed by atoms with E-state index in [1.807, 2.05) is 31.2 Å². The smallest absolute Gasteiger partial charge is 0.257 e. The number of ether oxygens (including phenoxy) is 1. The molecule has 1 heterocycles. The summed E-state index contributed by atoms with van der Waals surface area (Å²) >= 11 is 0. The topological polar surface area (TPSA) is 80.3 Å². The third kappa shape index (κ3) is 4.15. The Bertz CT molecular complexity index is 770. The van der Waals surface area contributed by atoms with Gasteiger partial charge in [-0.15, -0.1) is 0 Å². The zero-order valence-corrected chi connectivity index (χ0v) is 14.3. The van der Waals surface area contributed by atoms with Gasteiger partial charge in [0.25, 0.3) is 5.91 Å². The standard InChI is InChI=1S/C19H21N3O3/c1-12(21-18(24)16-4-3-11-20-19(16)25-2)13-7-9-15(10-8-13)22-17(23)14-5-6-14/h3-4,7-12,14H,5-6H2,1-2H3,(H,21,24)(H,22,23). The van der Waals surface area contributed by atoms with Crippen LogP contribution in [-0.2, 0) is 4.79 Å². The van der Waals surface area contributed by atoms with Gasteiger partial charge in [0, 0.05) is 17.8 Å². The van der Waals surface area contributed by atoms with E-state index in [9.17, 15) is 9.59 Å². The first kappa shape index (κ1) is 17.0. The number of carbonyl (C=O) groups is 2. The van der Waals surface area contributed by atoms with E-state index < -0.39 is 0 Å². The number of benzene rings is 1. The summed E-state index contributed by atoms with van der Waals surface area (Å²) in [5, 5.41) is 5.83. The quantitative estimate of drug-likeness (QED) is 0.848. The molecule has 1 fully saturated rings. The van der Waals surface area contributed by atoms with Gasteiger partial charge in [0.05, 0.1) is 13.2 Å². The molecule has 1 aromatic carbocycles. The van der Waals surface area contributed by atoms with Gasteiger partial charge < -0.3 is 15.4 Å². The lowest BCUT2D eigenvalue weighted by molar-refractivity contribution is -0.117. The molecule has 3 rings (SSSR count). The fraction of sp³-hybridized carbons (Fsp3) is 0.316. The molecule has 1 unspecified atom stereocenters. The van der Waals surface area contributed by atoms with Crippen LogP contribution in [0.1, 0.15) is 41.7 Å². The van der Waals surface area contributed by atoms with Crippen LogP contribution in [0.25, 0.3) is 0 Å². The predicted octanol–water partition coefficient (Wildman–Crippen LogP) is 2.93. The van der Waals surface area contributed by atoms with Crippen molar-refractivity contribution in [3.8, 4) is 5.88 Å². The van der Waals surface area contributed by atoms with Gasteiger partial charge in [0.2, 0.25) is 11.8 Å². The highest BCUT2D eigenvalue weighted by atomic mass is 16.5. The second kappa shape index (κ2) is 7.34. The summed E-state index contributed by atoms with van der Waals surface area (Å²) in [7, 11) is 1.48. The molecular weight excluding hydrogens is 318 g/mol. The Labute approximate surface area is 146 Å². The summed E-state index contributed by atoms with van der Waals surface area (Å²) < 4.78 is 5.12. The highest BCUT2D eigenvalue weighted by Crippen LogP contribution is 2.30. The largest absolute Gasteiger partial charge is 0.480 e. The minimum atomic E-state index is -0.247. The first-order valence-corrected chi connectivity index (χ1v) is 8.29. The van der Waals surface area contributed by atoms with Gasteiger partial charge in [0.1, 0.15) is 5.56 Å². The zero-order valence-electron chi connectivity index (χ0n) is 14.3. The number of nitrogens with one attached hydrogen (secondary N) is 2. The third-order valence-electron chi connectivity index (χ3n) is 4.18. The van der Waals surface area contributed by atoms with Gasteiger partial charge in [-0.05, 0) is 49.6 Å². The van der Waals surface area contributed by atoms with Gasteiger partial charge in [0.15, 0.2) is 0 Å². The number of amides is 2. The van der Waals surface area contributed by atoms with E-state index in [-0.39, 0.29) is 23.8 Å². The van der Waals surface area contributed by atoms with Crippen molar-refractivity contribution in [3.05, 3.63) is 53.7 Å². The molecule has 2 amide bonds. The predicted molar refractivity (Wildman–Crippen MR) is 94.5 cm³/mol. The Morgan fingerprint density at radius 3 is 2.56 bits per heavy atom. The van der Waals surface area contributed by atoms with Crippen LogP contribution >= 0.6 is 0 Å². The van der Waals surface area contributed by atoms with Crippen LogP contribution < -0.4 is 15.4 Å². The van der Waals surface area contributed by atoms with E-state index in [0.29, 0.717) is 11.4 Å². The van der Waals surface area contributed by atoms with Crippen LogP contribution in [0.3, 0.4) is 0 Å². The molecule has 25 heavy (non-hydrogen) atoms. The van der Waals surface area contributed by atoms with Crippen LogP contribution in [0, 0.1) is 5.92 Å². The van der Waals surface area contributed by atoms with Crippen LogP contribution in [0.2, 0.25) is 0 Å². The van der Waals surface area contributed by atoms with E-state index in [0.717, 1.165) is 24.1 Å². The van der Waals surface area contributed by atoms with Gasteiger partial charge in [-0.3, -0.25) is 9.59 Å². The zero-order chi connectivity index (χ0) is 17.8. The van der Waals surface area contributed by atoms with Crippen molar-refractivity contribution in [1.82, 2.24) is 10.3 Å². The molecule has 130 valence electrons. The molecule has 2 aromatic rings. The Morgan fingerprint density at radius 1 is 1.20 bits per heavy atom. The summed E-state index contributed by atoms with van der Waals surface area (Å²) in [6.07, 6.45) is 3.53. The van der Waals surface area contributed by atoms with Crippen molar-refractivity contribution in [1.29, 1.82) is 0 Å². The monoisotopic (exact) mass is 339 g/mol. The number of carbonyl (C=O) groups excluding carboxylic acids is 2. The molecule has 2 N–H and O–H groups in total. The SMILES string of the molecule is COc1ncccc1C(=O)NC(C)c1ccc(NC(=O)C2CC2)cc1. The highest BCUT2D eigenvalue weighted by molar-refractivity contribution is 5.96. The maximum absolute atomic E-state index is 12.4. The summed E-state index contributed by atoms with van der Waals surface area (Å²) in [5.74, 6) is 0.305. The maximum atomic E-state index is 12.4. The molecule has 0 spiro atoms. The van der Waals surface area contributed by atoms with Crippen LogP contribution in [0.5, 0.6) is 5.88 Å². The molecule has 1 aromatic heterocycles. The molecule has 0 radical (unpaired) electrons. The minimum absolute atomic E-state index is 0.0813. The molecule has 0 aliphatic heterocycles. The maximum Gasteiger partial charge on any atom is 0.257 e. The number of nitrogens with zero attached hydrogens (tertiary/aromatic N) is 1. The first-order valence-electron chi connectivity index (χ1n) is 8.29. The lowest BCUT2D eigenvalue weighted by Crippen LogP contribution is -2.27. The summed E-state index contributed by atoms with van der Waals surface area (Å²) in [4.78, 5) is 28.2. The van der Waals surface area contributed by atoms with Gasteiger partial charge in [-0.25, -0.2) is 4.98 Å². The lowest BCUT2D eigenvalue weighted by Gasteiger charge is -2.16. The van der Waals surface area contributed by atoms with Crippen molar-refractivity contribution in [2.75, 3.05) is 12.4 Å². The number of hydrogen-bond donors (Lipinski definition) is 2. The van der Waals surface area contributed by atoms with Crippen molar-refractivity contribution < 1.29 is 14.3 Å². The van der Waals surface area contributed by atoms with Crippen molar-refractivity contribution >= 4 is 17.5 Å². The second-order valence-electron chi connectivity index (χ2n) is 6.14. The van der Waals surface area contributed by atoms with Crippen LogP contribution in [0.15, 0.2) is 42.6 Å². The van der Waals surface area contributed by atoms with E-state index in [4.69, 9.17) is 4.74 Å². The number of anilines is 1. The fourth-order valence-electron chi connectivity index (χ4n) is 2.53. The minimum Gasteiger partial charge on any atom is -0.480 e. The Balaban J connectivity index is 1.63. The molecule has 1 atom stereocenters. The molecule has 1 aliphatic carbocycles. The van der Waals surface area contributed by atoms with Gasteiger partial charge in [-0.1, -0.05) is 12.1 Å². The second-order valence-corrected chi connectivity index (χ2v) is 6.14. The summed E-state index contributed by atoms with van der Waals surface area (Å²) in [6, 6.07) is 10.7.